The van der Waals surface area contributed by atoms with Crippen LogP contribution in [0.25, 0.3) is 0 Å². The molecule has 4 heteroatoms. The third-order valence-electron chi connectivity index (χ3n) is 10.7. The second kappa shape index (κ2) is 7.90. The molecule has 0 saturated heterocycles. The Morgan fingerprint density at radius 3 is 2.49 bits per heavy atom. The van der Waals surface area contributed by atoms with Gasteiger partial charge in [-0.25, -0.2) is 0 Å². The highest BCUT2D eigenvalue weighted by atomic mass is 16.3. The first-order valence-electron chi connectivity index (χ1n) is 13.8. The van der Waals surface area contributed by atoms with Crippen LogP contribution in [-0.4, -0.2) is 43.2 Å². The van der Waals surface area contributed by atoms with Gasteiger partial charge < -0.3 is 20.6 Å². The number of hydrogen-bond donors (Lipinski definition) is 3. The van der Waals surface area contributed by atoms with Gasteiger partial charge in [-0.05, 0) is 110 Å². The van der Waals surface area contributed by atoms with Crippen LogP contribution in [0.1, 0.15) is 57.6 Å². The maximum atomic E-state index is 10.6. The molecule has 0 aliphatic heterocycles. The van der Waals surface area contributed by atoms with E-state index in [1.807, 2.05) is 13.1 Å². The number of hydrogen-bond acceptors (Lipinski definition) is 4. The maximum Gasteiger partial charge on any atom is 0.115 e. The van der Waals surface area contributed by atoms with E-state index in [9.17, 15) is 5.11 Å². The van der Waals surface area contributed by atoms with Crippen LogP contribution in [-0.2, 0) is 11.8 Å². The number of fused-ring (bicyclic) bond motifs is 2. The van der Waals surface area contributed by atoms with Gasteiger partial charge in [0.15, 0.2) is 0 Å². The molecule has 4 aliphatic carbocycles. The van der Waals surface area contributed by atoms with Crippen molar-refractivity contribution in [3.05, 3.63) is 53.6 Å². The van der Waals surface area contributed by atoms with E-state index in [1.54, 1.807) is 0 Å². The van der Waals surface area contributed by atoms with Crippen LogP contribution in [0.3, 0.4) is 0 Å². The predicted octanol–water partition coefficient (Wildman–Crippen LogP) is 6.12. The molecule has 6 rings (SSSR count). The van der Waals surface area contributed by atoms with E-state index in [1.165, 1.54) is 49.2 Å². The largest absolute Gasteiger partial charge is 0.508 e. The Balaban J connectivity index is 1.40. The van der Waals surface area contributed by atoms with Crippen molar-refractivity contribution in [2.45, 2.75) is 64.3 Å². The van der Waals surface area contributed by atoms with Gasteiger partial charge in [0.05, 0.1) is 0 Å². The summed E-state index contributed by atoms with van der Waals surface area (Å²) in [6.45, 7) is 9.84. The molecule has 35 heavy (non-hydrogen) atoms. The standard InChI is InChI=1S/C31H43N3O/c1-6-27(33-24-12-10-23(32-4)11-13-24)28-20(2)16-29(3)30(19-34(5)18-21-7-8-21)17-22-9-14-25(35)15-26(22)31(28,29)30/h9-15,20-21,27-28,32-33,35H,6-8,16-19H2,1-5H3/t20-,27?,28?,29?,30?,31?/m0/s1. The zero-order valence-electron chi connectivity index (χ0n) is 22.2. The molecule has 2 aromatic carbocycles. The monoisotopic (exact) mass is 473 g/mol. The van der Waals surface area contributed by atoms with Crippen LogP contribution in [0, 0.1) is 28.6 Å². The highest BCUT2D eigenvalue weighted by Gasteiger charge is 2.92. The molecular formula is C31H43N3O. The van der Waals surface area contributed by atoms with Crippen LogP contribution >= 0.6 is 0 Å². The fraction of sp³-hybridized carbons (Fsp3) is 0.613. The summed E-state index contributed by atoms with van der Waals surface area (Å²) in [4.78, 5) is 2.65. The summed E-state index contributed by atoms with van der Waals surface area (Å²) in [6.07, 6.45) is 6.34. The number of rotatable bonds is 9. The zero-order valence-corrected chi connectivity index (χ0v) is 22.2. The topological polar surface area (TPSA) is 47.5 Å². The van der Waals surface area contributed by atoms with Crippen LogP contribution < -0.4 is 10.6 Å². The first-order chi connectivity index (χ1) is 16.8. The van der Waals surface area contributed by atoms with E-state index < -0.39 is 0 Å². The van der Waals surface area contributed by atoms with E-state index in [2.05, 4.69) is 79.8 Å². The number of phenols is 1. The van der Waals surface area contributed by atoms with Gasteiger partial charge in [0.25, 0.3) is 0 Å². The first-order valence-corrected chi connectivity index (χ1v) is 13.8. The molecule has 2 aromatic rings. The Bertz CT molecular complexity index is 1110. The molecule has 6 atom stereocenters. The van der Waals surface area contributed by atoms with E-state index >= 15 is 0 Å². The number of anilines is 2. The Hall–Kier alpha value is -2.20. The highest BCUT2D eigenvalue weighted by Crippen LogP contribution is 2.91. The average molecular weight is 474 g/mol. The summed E-state index contributed by atoms with van der Waals surface area (Å²) < 4.78 is 0. The number of nitrogens with one attached hydrogen (secondary N) is 2. The molecule has 0 aromatic heterocycles. The van der Waals surface area contributed by atoms with Crippen LogP contribution in [0.5, 0.6) is 5.75 Å². The summed E-state index contributed by atoms with van der Waals surface area (Å²) in [7, 11) is 4.33. The van der Waals surface area contributed by atoms with Gasteiger partial charge in [-0.2, -0.15) is 0 Å². The van der Waals surface area contributed by atoms with Gasteiger partial charge in [-0.15, -0.1) is 0 Å². The molecule has 188 valence electrons. The lowest BCUT2D eigenvalue weighted by Crippen LogP contribution is -2.43. The Morgan fingerprint density at radius 1 is 1.11 bits per heavy atom. The van der Waals surface area contributed by atoms with Crippen LogP contribution in [0.4, 0.5) is 11.4 Å². The maximum absolute atomic E-state index is 10.6. The Labute approximate surface area is 211 Å². The van der Waals surface area contributed by atoms with E-state index in [4.69, 9.17) is 0 Å². The number of aromatic hydroxyl groups is 1. The molecule has 0 radical (unpaired) electrons. The fourth-order valence-corrected chi connectivity index (χ4v) is 9.42. The molecule has 4 aliphatic rings. The SMILES string of the molecule is CCC(Nc1ccc(NC)cc1)C1[C@@H](C)CC2(C)C3(CN(C)CC4CC4)Cc4ccc(O)cc4C123. The van der Waals surface area contributed by atoms with Crippen molar-refractivity contribution in [3.63, 3.8) is 0 Å². The molecule has 0 amide bonds. The summed E-state index contributed by atoms with van der Waals surface area (Å²) in [5.41, 5.74) is 5.97. The van der Waals surface area contributed by atoms with E-state index in [0.29, 0.717) is 23.6 Å². The van der Waals surface area contributed by atoms with E-state index in [-0.39, 0.29) is 16.2 Å². The van der Waals surface area contributed by atoms with Crippen molar-refractivity contribution in [1.82, 2.24) is 4.90 Å². The molecule has 3 N–H and O–H groups in total. The summed E-state index contributed by atoms with van der Waals surface area (Å²) in [5, 5.41) is 17.8. The minimum Gasteiger partial charge on any atom is -0.508 e. The Kier molecular flexibility index (Phi) is 5.24. The predicted molar refractivity (Wildman–Crippen MR) is 145 cm³/mol. The minimum atomic E-state index is 0.129. The van der Waals surface area contributed by atoms with Gasteiger partial charge in [-0.3, -0.25) is 0 Å². The molecule has 4 nitrogen and oxygen atoms in total. The molecule has 5 unspecified atom stereocenters. The van der Waals surface area contributed by atoms with Gasteiger partial charge in [-0.1, -0.05) is 26.8 Å². The molecule has 0 bridgehead atoms. The Morgan fingerprint density at radius 2 is 1.83 bits per heavy atom. The van der Waals surface area contributed by atoms with Crippen molar-refractivity contribution in [2.75, 3.05) is 37.8 Å². The average Bonchev–Trinajstić information content (AvgIpc) is 3.65. The second-order valence-corrected chi connectivity index (χ2v) is 12.6. The summed E-state index contributed by atoms with van der Waals surface area (Å²) in [5.74, 6) is 2.52. The van der Waals surface area contributed by atoms with Crippen LogP contribution in [0.15, 0.2) is 42.5 Å². The lowest BCUT2D eigenvalue weighted by atomic mass is 9.71. The fourth-order valence-electron chi connectivity index (χ4n) is 9.42. The van der Waals surface area contributed by atoms with Crippen molar-refractivity contribution in [1.29, 1.82) is 0 Å². The summed E-state index contributed by atoms with van der Waals surface area (Å²) in [6, 6.07) is 15.4. The number of nitrogens with zero attached hydrogens (tertiary/aromatic N) is 1. The van der Waals surface area contributed by atoms with E-state index in [0.717, 1.165) is 24.4 Å². The third kappa shape index (κ3) is 3.08. The lowest BCUT2D eigenvalue weighted by molar-refractivity contribution is 0.153. The molecule has 1 spiro atoms. The van der Waals surface area contributed by atoms with Gasteiger partial charge in [0.1, 0.15) is 5.75 Å². The quantitative estimate of drug-likeness (QED) is 0.410. The molecular weight excluding hydrogens is 430 g/mol. The van der Waals surface area contributed by atoms with Crippen LogP contribution in [0.2, 0.25) is 0 Å². The second-order valence-electron chi connectivity index (χ2n) is 12.6. The van der Waals surface area contributed by atoms with Gasteiger partial charge in [0, 0.05) is 48.4 Å². The van der Waals surface area contributed by atoms with Crippen molar-refractivity contribution in [3.8, 4) is 5.75 Å². The highest BCUT2D eigenvalue weighted by molar-refractivity contribution is 5.63. The smallest absolute Gasteiger partial charge is 0.115 e. The molecule has 3 fully saturated rings. The zero-order chi connectivity index (χ0) is 24.6. The van der Waals surface area contributed by atoms with Gasteiger partial charge >= 0.3 is 0 Å². The minimum absolute atomic E-state index is 0.129. The lowest BCUT2D eigenvalue weighted by Gasteiger charge is -2.39. The number of phenolic OH excluding ortho intramolecular Hbond substituents is 1. The summed E-state index contributed by atoms with van der Waals surface area (Å²) >= 11 is 0. The van der Waals surface area contributed by atoms with Crippen molar-refractivity contribution >= 4 is 11.4 Å². The first kappa shape index (κ1) is 23.2. The molecule has 3 saturated carbocycles. The third-order valence-corrected chi connectivity index (χ3v) is 10.7. The van der Waals surface area contributed by atoms with Crippen molar-refractivity contribution < 1.29 is 5.11 Å². The van der Waals surface area contributed by atoms with Gasteiger partial charge in [0.2, 0.25) is 0 Å². The normalized spacial score (nSPS) is 35.4. The van der Waals surface area contributed by atoms with Crippen molar-refractivity contribution in [2.24, 2.45) is 28.6 Å². The number of benzene rings is 2. The molecule has 0 heterocycles.